The number of hydrogen-bond acceptors (Lipinski definition) is 29. The molecule has 3 aromatic carbocycles. The summed E-state index contributed by atoms with van der Waals surface area (Å²) in [6.45, 7) is 38.2. The molecular weight excluding hydrogens is 1920 g/mol. The average Bonchev–Trinajstić information content (AvgIpc) is 1.69. The fourth-order valence-corrected chi connectivity index (χ4v) is 13.4. The van der Waals surface area contributed by atoms with E-state index >= 15 is 0 Å². The first-order valence-electron chi connectivity index (χ1n) is 47.7. The molecule has 46 heteroatoms. The van der Waals surface area contributed by atoms with Gasteiger partial charge >= 0.3 is 73.1 Å². The zero-order valence-corrected chi connectivity index (χ0v) is 86.1. The number of amides is 6. The number of rotatable bonds is 57. The molecule has 0 bridgehead atoms. The number of nitrogens with two attached hydrogens (primary N) is 5. The van der Waals surface area contributed by atoms with Gasteiger partial charge in [-0.2, -0.15) is 4.79 Å². The highest BCUT2D eigenvalue weighted by Gasteiger charge is 2.35. The van der Waals surface area contributed by atoms with Crippen LogP contribution in [-0.4, -0.2) is 305 Å². The van der Waals surface area contributed by atoms with Crippen LogP contribution in [0.15, 0.2) is 91.4 Å². The zero-order chi connectivity index (χ0) is 112. The van der Waals surface area contributed by atoms with Crippen molar-refractivity contribution >= 4 is 215 Å². The van der Waals surface area contributed by atoms with Gasteiger partial charge in [-0.15, -0.1) is 23.3 Å². The Kier molecular flexibility index (Phi) is 62.8. The van der Waals surface area contributed by atoms with E-state index in [0.29, 0.717) is 31.9 Å². The number of carboxylic acids is 1. The van der Waals surface area contributed by atoms with Gasteiger partial charge in [-0.05, 0) is 181 Å². The molecule has 148 heavy (non-hydrogen) atoms. The van der Waals surface area contributed by atoms with E-state index in [2.05, 4.69) is 109 Å². The molecule has 6 aromatic rings. The van der Waals surface area contributed by atoms with Gasteiger partial charge in [0.15, 0.2) is 0 Å². The Hall–Kier alpha value is -16.0. The Labute approximate surface area is 857 Å². The summed E-state index contributed by atoms with van der Waals surface area (Å²) < 4.78 is 42.3. The van der Waals surface area contributed by atoms with Gasteiger partial charge in [0.05, 0.1) is 61.7 Å². The third kappa shape index (κ3) is 53.0. The first-order chi connectivity index (χ1) is 69.9. The maximum absolute atomic E-state index is 13.1. The number of nitrogens with one attached hydrogen (secondary N) is 9. The number of carbonyl (C=O) groups excluding carboxylic acids is 18. The first-order valence-corrected chi connectivity index (χ1v) is 47.7. The molecule has 0 saturated heterocycles. The Balaban J connectivity index is 0.000000900. The summed E-state index contributed by atoms with van der Waals surface area (Å²) in [5.74, 6) is -9.70. The Morgan fingerprint density at radius 2 is 0.622 bits per heavy atom. The lowest BCUT2D eigenvalue weighted by Gasteiger charge is -2.22. The van der Waals surface area contributed by atoms with Crippen LogP contribution in [-0.2, 0) is 134 Å². The fourth-order valence-electron chi connectivity index (χ4n) is 13.4. The Morgan fingerprint density at radius 3 is 0.885 bits per heavy atom. The van der Waals surface area contributed by atoms with E-state index < -0.39 is 149 Å². The van der Waals surface area contributed by atoms with Crippen molar-refractivity contribution in [2.75, 3.05) is 13.2 Å². The smallest absolute Gasteiger partial charge is 0.334 e. The van der Waals surface area contributed by atoms with E-state index in [1.165, 1.54) is 20.8 Å². The predicted octanol–water partition coefficient (Wildman–Crippen LogP) is -0.0281. The van der Waals surface area contributed by atoms with Crippen LogP contribution in [0.2, 0.25) is 0 Å². The minimum atomic E-state index is -1.26. The normalized spacial score (nSPS) is 12.8. The molecule has 6 amide bonds. The maximum Gasteiger partial charge on any atom is 0.334 e. The second kappa shape index (κ2) is 71.5. The highest BCUT2D eigenvalue weighted by atomic mass is 16.6. The van der Waals surface area contributed by atoms with Gasteiger partial charge < -0.3 is 115 Å². The van der Waals surface area contributed by atoms with Gasteiger partial charge in [-0.3, -0.25) is 57.5 Å². The number of nitrogens with zero attached hydrogens (tertiary/aromatic N) is 7. The van der Waals surface area contributed by atoms with Gasteiger partial charge in [-0.1, -0.05) is 68.4 Å². The molecule has 0 aliphatic carbocycles. The first kappa shape index (κ1) is 130. The lowest BCUT2D eigenvalue weighted by molar-refractivity contribution is -0.152. The van der Waals surface area contributed by atoms with E-state index in [-0.39, 0.29) is 156 Å². The number of carbonyl (C=O) groups is 19. The summed E-state index contributed by atoms with van der Waals surface area (Å²) in [4.78, 5) is 237. The lowest BCUT2D eigenvalue weighted by atomic mass is 9.93. The molecule has 0 spiro atoms. The number of aromatic amines is 3. The number of esters is 5. The van der Waals surface area contributed by atoms with Crippen molar-refractivity contribution in [2.45, 2.75) is 284 Å². The summed E-state index contributed by atoms with van der Waals surface area (Å²) >= 11 is 0. The number of aliphatic carboxylic acids is 1. The van der Waals surface area contributed by atoms with Gasteiger partial charge in [0.25, 0.3) is 33.6 Å². The molecule has 3 heterocycles. The molecule has 0 radical (unpaired) electrons. The van der Waals surface area contributed by atoms with Gasteiger partial charge in [-0.25, -0.2) is 28.8 Å². The second-order valence-electron chi connectivity index (χ2n) is 34.8. The number of carboxylic acid groups (broad SMARTS) is 1. The van der Waals surface area contributed by atoms with Gasteiger partial charge in [0, 0.05) is 102 Å². The van der Waals surface area contributed by atoms with Gasteiger partial charge in [0.2, 0.25) is 70.1 Å². The monoisotopic (exact) mass is 2060 g/mol. The number of Topliss-reactive ketones (excluding diaryl/α,β-unsaturated/α-hetero) is 7. The number of ketones is 7. The summed E-state index contributed by atoms with van der Waals surface area (Å²) in [6, 6.07) is 13.2. The fraction of sp³-hybridized carbons (Fsp3) is 0.471. The van der Waals surface area contributed by atoms with Crippen molar-refractivity contribution in [3.63, 3.8) is 0 Å². The lowest BCUT2D eigenvalue weighted by Crippen LogP contribution is -2.50. The molecule has 802 valence electrons. The molecule has 0 aliphatic heterocycles. The van der Waals surface area contributed by atoms with Crippen molar-refractivity contribution in [1.29, 1.82) is 0 Å². The number of H-pyrrole nitrogens is 3. The SMILES string of the molecule is C=[N+]=CC(=O)CC[C@H](NC(=O)[C@@H](CC(C)=O)Cc1c[nH]c2ccccc12)C(=O)OC(C)C.C=[N+]=CC(=O)CC[C@H](NC(=O)[C@@H](N)CC(C)C)C(=O)OC(C)C.C=[N+]=CC(=O)CC[C@H](NC(=O)[C@@H](N)Cc1c[nH]c2ccccc12)C(=O)OC(C)C.C=[N+]=CC(=O)CC[C@H](NC(=O)[C@@H](N)Cc1c[nH]c2ccccc12)C(=O)OCC.C=[N+]=CC(=O)CC[C@H](NC(=O)[C@H](C)N)C(=O)OCC.C[C@H](N)C(=O)N[C@@H](CCC(=O)C=[N+]=[N-])C(=O)O. The van der Waals surface area contributed by atoms with Crippen LogP contribution >= 0.6 is 0 Å². The van der Waals surface area contributed by atoms with Crippen LogP contribution in [0, 0.1) is 11.8 Å². The molecule has 46 nitrogen and oxygen atoms in total. The highest BCUT2D eigenvalue weighted by Crippen LogP contribution is 2.25. The Bertz CT molecular complexity index is 5810. The van der Waals surface area contributed by atoms with E-state index in [1.807, 2.05) is 105 Å². The van der Waals surface area contributed by atoms with Crippen molar-refractivity contribution in [1.82, 2.24) is 70.2 Å². The van der Waals surface area contributed by atoms with Crippen LogP contribution in [0.1, 0.15) is 197 Å². The molecule has 12 atom stereocenters. The predicted molar refractivity (Wildman–Crippen MR) is 563 cm³/mol. The molecule has 3 aromatic heterocycles. The molecule has 0 unspecified atom stereocenters. The van der Waals surface area contributed by atoms with E-state index in [4.69, 9.17) is 63.0 Å². The van der Waals surface area contributed by atoms with E-state index in [9.17, 15) is 91.1 Å². The standard InChI is InChI=1S/C24H29N3O5.C21H26N4O4.C20H24N4O4.C16H27N3O4.C12H19N3O4.C9H14N4O4/c1-15(2)32-24(31)22(10-9-19(29)14-25-4)27-23(30)17(11-16(3)28)12-18-13-26-21-8-6-5-7-20(18)21;1-13(2)29-21(28)19(9-8-15(26)12-23-3)25-20(27)17(22)10-14-11-24-18-7-5-4-6-16(14)18;1-3-28-20(27)18(9-8-14(25)12-22-2)24-19(26)16(21)10-13-11-23-17-7-5-4-6-15(13)17;1-10(2)8-13(17)15(21)19-14(16(22)23-11(3)4)7-6-12(20)9-18-5;1-4-19-12(18)10(15-11(17)8(2)13)6-5-9(16)7-14-3;1-5(10)8(15)13-7(9(16)17)3-2-6(14)4-12-11/h5-8,13-15,17,22,26H,4,9-12H2,1-3H3;4-7,11-13,17,19,24H,3,8-10,22H2,1-2H3;4-7,11-12,16,18,23H,2-3,8-10,21H2,1H3;9-11,13-14H,5-8,17H2,1-4H3;7-8,10H,3-6,13H2,1-2H3;4-5,7H,2-3,10H2,1H3,(H,13,15)(H,16,17)/p+5/t17-,22-;17-,19-;16-,18-;13-,14-;8-,10-;5-,7-/m000000/s1. The van der Waals surface area contributed by atoms with Crippen LogP contribution in [0.25, 0.3) is 38.2 Å². The van der Waals surface area contributed by atoms with E-state index in [1.54, 1.807) is 55.4 Å². The second-order valence-corrected chi connectivity index (χ2v) is 34.8. The van der Waals surface area contributed by atoms with Gasteiger partial charge in [0.1, 0.15) is 42.0 Å². The third-order valence-corrected chi connectivity index (χ3v) is 20.5. The topological polar surface area (TPSA) is 747 Å². The van der Waals surface area contributed by atoms with Crippen LogP contribution in [0.3, 0.4) is 0 Å². The quantitative estimate of drug-likeness (QED) is 0.00784. The molecule has 0 saturated carbocycles. The number of benzene rings is 3. The van der Waals surface area contributed by atoms with Crippen molar-refractivity contribution in [2.24, 2.45) is 40.5 Å². The molecule has 0 fully saturated rings. The molecular formula is C102H144N21O25+5. The van der Waals surface area contributed by atoms with Crippen LogP contribution in [0.5, 0.6) is 0 Å². The largest absolute Gasteiger partial charge is 0.480 e. The molecule has 6 rings (SSSR count). The third-order valence-electron chi connectivity index (χ3n) is 20.5. The number of hydrogen-bond donors (Lipinski definition) is 15. The number of fused-ring (bicyclic) bond motifs is 3. The van der Waals surface area contributed by atoms with Crippen molar-refractivity contribution in [3.8, 4) is 0 Å². The number of para-hydroxylation sites is 3. The maximum atomic E-state index is 13.1. The number of aromatic nitrogens is 3. The average molecular weight is 2060 g/mol. The van der Waals surface area contributed by atoms with Crippen LogP contribution < -0.4 is 83.9 Å². The minimum absolute atomic E-state index is 0.00299. The van der Waals surface area contributed by atoms with Crippen molar-refractivity contribution < 1.29 is 125 Å². The molecule has 20 N–H and O–H groups in total. The van der Waals surface area contributed by atoms with Crippen molar-refractivity contribution in [3.05, 3.63) is 114 Å². The minimum Gasteiger partial charge on any atom is -0.480 e. The summed E-state index contributed by atoms with van der Waals surface area (Å²) in [6.07, 6.45) is 12.3. The Morgan fingerprint density at radius 1 is 0.365 bits per heavy atom. The number of ether oxygens (including phenoxy) is 5. The van der Waals surface area contributed by atoms with Crippen LogP contribution in [0.4, 0.5) is 0 Å². The highest BCUT2D eigenvalue weighted by molar-refractivity contribution is 6.29. The molecule has 0 aliphatic rings. The van der Waals surface area contributed by atoms with E-state index in [0.717, 1.165) is 80.5 Å². The summed E-state index contributed by atoms with van der Waals surface area (Å²) in [7, 11) is 0. The zero-order valence-electron chi connectivity index (χ0n) is 86.1. The summed E-state index contributed by atoms with van der Waals surface area (Å²) in [5, 5.41) is 26.9. The summed E-state index contributed by atoms with van der Waals surface area (Å²) in [5.41, 5.74) is 42.3.